The van der Waals surface area contributed by atoms with Crippen molar-refractivity contribution in [3.05, 3.63) is 28.8 Å². The Morgan fingerprint density at radius 2 is 2.14 bits per heavy atom. The van der Waals surface area contributed by atoms with Gasteiger partial charge in [0.2, 0.25) is 10.0 Å². The number of benzene rings is 1. The normalized spacial score (nSPS) is 16.9. The molecule has 1 aromatic carbocycles. The van der Waals surface area contributed by atoms with Crippen molar-refractivity contribution in [1.82, 2.24) is 4.72 Å². The lowest BCUT2D eigenvalue weighted by molar-refractivity contribution is 0.173. The van der Waals surface area contributed by atoms with E-state index in [1.54, 1.807) is 13.2 Å². The van der Waals surface area contributed by atoms with E-state index in [4.69, 9.17) is 22.1 Å². The second-order valence-electron chi connectivity index (χ2n) is 5.52. The van der Waals surface area contributed by atoms with E-state index in [0.29, 0.717) is 23.7 Å². The van der Waals surface area contributed by atoms with E-state index in [-0.39, 0.29) is 16.9 Å². The highest BCUT2D eigenvalue weighted by Crippen LogP contribution is 2.48. The fourth-order valence-corrected chi connectivity index (χ4v) is 3.62. The molecule has 5 nitrogen and oxygen atoms in total. The number of nitrogens with one attached hydrogen (secondary N) is 1. The molecule has 1 fully saturated rings. The molecule has 0 saturated heterocycles. The van der Waals surface area contributed by atoms with Crippen LogP contribution in [0.15, 0.2) is 23.1 Å². The fraction of sp³-hybridized carbons (Fsp3) is 0.571. The molecule has 2 rings (SSSR count). The summed E-state index contributed by atoms with van der Waals surface area (Å²) >= 11 is 5.95. The number of sulfonamides is 1. The van der Waals surface area contributed by atoms with E-state index < -0.39 is 10.0 Å². The molecule has 0 spiro atoms. The van der Waals surface area contributed by atoms with Gasteiger partial charge in [-0.2, -0.15) is 0 Å². The van der Waals surface area contributed by atoms with Gasteiger partial charge in [-0.15, -0.1) is 0 Å². The Hall–Kier alpha value is -0.660. The Kier molecular flexibility index (Phi) is 5.27. The maximum absolute atomic E-state index is 12.3. The van der Waals surface area contributed by atoms with Crippen LogP contribution in [0.5, 0.6) is 0 Å². The van der Waals surface area contributed by atoms with Crippen molar-refractivity contribution in [2.45, 2.75) is 30.7 Å². The van der Waals surface area contributed by atoms with E-state index in [1.807, 2.05) is 0 Å². The third kappa shape index (κ3) is 4.17. The summed E-state index contributed by atoms with van der Waals surface area (Å²) in [7, 11) is -1.88. The summed E-state index contributed by atoms with van der Waals surface area (Å²) in [5, 5.41) is 0.482. The lowest BCUT2D eigenvalue weighted by Crippen LogP contribution is -2.31. The summed E-state index contributed by atoms with van der Waals surface area (Å²) < 4.78 is 32.4. The first kappa shape index (κ1) is 16.7. The molecule has 3 N–H and O–H groups in total. The van der Waals surface area contributed by atoms with Crippen LogP contribution < -0.4 is 10.5 Å². The minimum Gasteiger partial charge on any atom is -0.385 e. The number of hydrogen-bond acceptors (Lipinski definition) is 4. The molecule has 0 heterocycles. The van der Waals surface area contributed by atoms with Gasteiger partial charge in [-0.1, -0.05) is 11.6 Å². The maximum atomic E-state index is 12.3. The fourth-order valence-electron chi connectivity index (χ4n) is 2.22. The van der Waals surface area contributed by atoms with Gasteiger partial charge in [-0.05, 0) is 48.4 Å². The minimum absolute atomic E-state index is 0.0617. The number of hydrogen-bond donors (Lipinski definition) is 2. The monoisotopic (exact) mass is 332 g/mol. The van der Waals surface area contributed by atoms with Crippen molar-refractivity contribution in [2.75, 3.05) is 20.3 Å². The van der Waals surface area contributed by atoms with Crippen LogP contribution in [-0.4, -0.2) is 28.7 Å². The van der Waals surface area contributed by atoms with Gasteiger partial charge < -0.3 is 10.5 Å². The van der Waals surface area contributed by atoms with Crippen molar-refractivity contribution in [3.63, 3.8) is 0 Å². The summed E-state index contributed by atoms with van der Waals surface area (Å²) in [5.41, 5.74) is 6.24. The van der Waals surface area contributed by atoms with E-state index >= 15 is 0 Å². The quantitative estimate of drug-likeness (QED) is 0.761. The molecular weight excluding hydrogens is 312 g/mol. The number of ether oxygens (including phenoxy) is 1. The molecule has 7 heteroatoms. The molecule has 0 aliphatic heterocycles. The number of halogens is 1. The average molecular weight is 333 g/mol. The number of methoxy groups -OCH3 is 1. The van der Waals surface area contributed by atoms with Crippen LogP contribution in [0, 0.1) is 5.41 Å². The number of rotatable bonds is 8. The predicted octanol–water partition coefficient (Wildman–Crippen LogP) is 1.89. The number of nitrogens with two attached hydrogens (primary N) is 1. The molecule has 1 saturated carbocycles. The average Bonchev–Trinajstić information content (AvgIpc) is 3.24. The first-order chi connectivity index (χ1) is 9.92. The first-order valence-corrected chi connectivity index (χ1v) is 8.76. The van der Waals surface area contributed by atoms with Gasteiger partial charge >= 0.3 is 0 Å². The first-order valence-electron chi connectivity index (χ1n) is 6.90. The summed E-state index contributed by atoms with van der Waals surface area (Å²) in [4.78, 5) is 0.204. The lowest BCUT2D eigenvalue weighted by atomic mass is 10.0. The van der Waals surface area contributed by atoms with Gasteiger partial charge in [0.1, 0.15) is 0 Å². The van der Waals surface area contributed by atoms with Crippen LogP contribution in [0.4, 0.5) is 0 Å². The third-order valence-electron chi connectivity index (χ3n) is 3.98. The zero-order valence-corrected chi connectivity index (χ0v) is 13.6. The Bertz CT molecular complexity index is 600. The molecule has 1 aromatic rings. The molecule has 0 bridgehead atoms. The summed E-state index contributed by atoms with van der Waals surface area (Å²) in [6.07, 6.45) is 2.95. The second-order valence-corrected chi connectivity index (χ2v) is 7.70. The molecule has 0 aromatic heterocycles. The van der Waals surface area contributed by atoms with Gasteiger partial charge in [-0.3, -0.25) is 0 Å². The van der Waals surface area contributed by atoms with E-state index in [1.165, 1.54) is 12.1 Å². The molecule has 0 radical (unpaired) electrons. The van der Waals surface area contributed by atoms with Gasteiger partial charge in [0, 0.05) is 31.8 Å². The van der Waals surface area contributed by atoms with E-state index in [9.17, 15) is 8.42 Å². The SMILES string of the molecule is COCCC1(CNS(=O)(=O)c2ccc(Cl)c(CN)c2)CC1. The van der Waals surface area contributed by atoms with Crippen LogP contribution in [0.1, 0.15) is 24.8 Å². The van der Waals surface area contributed by atoms with Crippen molar-refractivity contribution >= 4 is 21.6 Å². The highest BCUT2D eigenvalue weighted by molar-refractivity contribution is 7.89. The lowest BCUT2D eigenvalue weighted by Gasteiger charge is -2.16. The summed E-state index contributed by atoms with van der Waals surface area (Å²) in [6.45, 7) is 1.30. The largest absolute Gasteiger partial charge is 0.385 e. The predicted molar refractivity (Wildman–Crippen MR) is 82.7 cm³/mol. The van der Waals surface area contributed by atoms with Crippen LogP contribution in [0.3, 0.4) is 0 Å². The van der Waals surface area contributed by atoms with Crippen LogP contribution in [0.25, 0.3) is 0 Å². The second kappa shape index (κ2) is 6.62. The molecular formula is C14H21ClN2O3S. The highest BCUT2D eigenvalue weighted by atomic mass is 35.5. The zero-order chi connectivity index (χ0) is 15.5. The van der Waals surface area contributed by atoms with Gasteiger partial charge in [-0.25, -0.2) is 13.1 Å². The van der Waals surface area contributed by atoms with Crippen molar-refractivity contribution in [2.24, 2.45) is 11.1 Å². The molecule has 0 amide bonds. The molecule has 21 heavy (non-hydrogen) atoms. The van der Waals surface area contributed by atoms with Crippen molar-refractivity contribution < 1.29 is 13.2 Å². The summed E-state index contributed by atoms with van der Waals surface area (Å²) in [6, 6.07) is 4.59. The molecule has 1 aliphatic rings. The van der Waals surface area contributed by atoms with Crippen LogP contribution in [0.2, 0.25) is 5.02 Å². The standard InChI is InChI=1S/C14H21ClN2O3S/c1-20-7-6-14(4-5-14)10-17-21(18,19)12-2-3-13(15)11(8-12)9-16/h2-3,8,17H,4-7,9-10,16H2,1H3. The Labute approximate surface area is 130 Å². The topological polar surface area (TPSA) is 81.4 Å². The van der Waals surface area contributed by atoms with Crippen molar-refractivity contribution in [3.8, 4) is 0 Å². The molecule has 0 unspecified atom stereocenters. The van der Waals surface area contributed by atoms with Crippen LogP contribution in [-0.2, 0) is 21.3 Å². The Morgan fingerprint density at radius 3 is 2.71 bits per heavy atom. The Morgan fingerprint density at radius 1 is 1.43 bits per heavy atom. The Balaban J connectivity index is 2.05. The zero-order valence-electron chi connectivity index (χ0n) is 12.1. The van der Waals surface area contributed by atoms with Gasteiger partial charge in [0.15, 0.2) is 0 Å². The van der Waals surface area contributed by atoms with Gasteiger partial charge in [0.05, 0.1) is 4.90 Å². The molecule has 0 atom stereocenters. The van der Waals surface area contributed by atoms with E-state index in [2.05, 4.69) is 4.72 Å². The third-order valence-corrected chi connectivity index (χ3v) is 5.75. The highest BCUT2D eigenvalue weighted by Gasteiger charge is 2.42. The summed E-state index contributed by atoms with van der Waals surface area (Å²) in [5.74, 6) is 0. The maximum Gasteiger partial charge on any atom is 0.240 e. The smallest absolute Gasteiger partial charge is 0.240 e. The van der Waals surface area contributed by atoms with Crippen molar-refractivity contribution in [1.29, 1.82) is 0 Å². The van der Waals surface area contributed by atoms with E-state index in [0.717, 1.165) is 19.3 Å². The molecule has 1 aliphatic carbocycles. The van der Waals surface area contributed by atoms with Crippen LogP contribution >= 0.6 is 11.6 Å². The minimum atomic E-state index is -3.53. The molecule has 118 valence electrons. The van der Waals surface area contributed by atoms with Gasteiger partial charge in [0.25, 0.3) is 0 Å².